The summed E-state index contributed by atoms with van der Waals surface area (Å²) in [5.74, 6) is 0.0501. The summed E-state index contributed by atoms with van der Waals surface area (Å²) in [6.07, 6.45) is -9.80. The summed E-state index contributed by atoms with van der Waals surface area (Å²) in [6, 6.07) is 7.61. The average molecular weight is 475 g/mol. The highest BCUT2D eigenvalue weighted by Gasteiger charge is 2.44. The van der Waals surface area contributed by atoms with Crippen molar-refractivity contribution in [1.82, 2.24) is 5.32 Å². The van der Waals surface area contributed by atoms with Gasteiger partial charge in [0.2, 0.25) is 0 Å². The smallest absolute Gasteiger partial charge is 0.370 e. The third-order valence-electron chi connectivity index (χ3n) is 6.79. The normalized spacial score (nSPS) is 26.8. The first-order valence-electron chi connectivity index (χ1n) is 10.8. The number of halogens is 7. The highest BCUT2D eigenvalue weighted by atomic mass is 19.4. The van der Waals surface area contributed by atoms with Crippen LogP contribution in [0.4, 0.5) is 30.7 Å². The lowest BCUT2D eigenvalue weighted by atomic mass is 9.69. The van der Waals surface area contributed by atoms with Crippen molar-refractivity contribution in [2.45, 2.75) is 50.2 Å². The first kappa shape index (κ1) is 24.0. The molecule has 4 rings (SSSR count). The van der Waals surface area contributed by atoms with Crippen LogP contribution in [-0.2, 0) is 17.1 Å². The van der Waals surface area contributed by atoms with Gasteiger partial charge in [-0.3, -0.25) is 0 Å². The highest BCUT2D eigenvalue weighted by molar-refractivity contribution is 5.35. The van der Waals surface area contributed by atoms with Crippen LogP contribution in [0.2, 0.25) is 0 Å². The van der Waals surface area contributed by atoms with E-state index in [-0.39, 0.29) is 29.3 Å². The molecular weight excluding hydrogens is 451 g/mol. The van der Waals surface area contributed by atoms with E-state index in [0.29, 0.717) is 12.3 Å². The minimum absolute atomic E-state index is 0.118. The van der Waals surface area contributed by atoms with E-state index in [0.717, 1.165) is 37.2 Å². The second-order valence-electron chi connectivity index (χ2n) is 8.89. The molecule has 0 bridgehead atoms. The first-order chi connectivity index (χ1) is 15.4. The predicted molar refractivity (Wildman–Crippen MR) is 108 cm³/mol. The van der Waals surface area contributed by atoms with Crippen LogP contribution in [0.25, 0.3) is 0 Å². The Morgan fingerprint density at radius 1 is 0.879 bits per heavy atom. The third kappa shape index (κ3) is 5.19. The Morgan fingerprint density at radius 3 is 2.06 bits per heavy atom. The zero-order valence-corrected chi connectivity index (χ0v) is 17.8. The Hall–Kier alpha value is -2.13. The van der Waals surface area contributed by atoms with Crippen molar-refractivity contribution >= 4 is 0 Å². The van der Waals surface area contributed by atoms with Gasteiger partial charge in [-0.1, -0.05) is 12.1 Å². The van der Waals surface area contributed by atoms with Crippen LogP contribution in [-0.4, -0.2) is 19.2 Å². The molecule has 2 aromatic rings. The van der Waals surface area contributed by atoms with Gasteiger partial charge in [0.05, 0.1) is 23.3 Å². The molecule has 33 heavy (non-hydrogen) atoms. The van der Waals surface area contributed by atoms with Gasteiger partial charge in [-0.15, -0.1) is 0 Å². The summed E-state index contributed by atoms with van der Waals surface area (Å²) in [5.41, 5.74) is -2.04. The van der Waals surface area contributed by atoms with Gasteiger partial charge in [-0.2, -0.15) is 26.3 Å². The molecule has 1 saturated carbocycles. The van der Waals surface area contributed by atoms with Crippen LogP contribution >= 0.6 is 0 Å². The van der Waals surface area contributed by atoms with E-state index in [9.17, 15) is 30.7 Å². The number of alkyl halides is 6. The molecule has 0 radical (unpaired) electrons. The fraction of sp³-hybridized carbons (Fsp3) is 0.500. The molecule has 1 unspecified atom stereocenters. The van der Waals surface area contributed by atoms with E-state index < -0.39 is 35.7 Å². The van der Waals surface area contributed by atoms with Crippen molar-refractivity contribution in [3.8, 4) is 0 Å². The van der Waals surface area contributed by atoms with Crippen molar-refractivity contribution in [1.29, 1.82) is 0 Å². The molecule has 1 heterocycles. The van der Waals surface area contributed by atoms with Crippen LogP contribution in [0, 0.1) is 17.7 Å². The maximum Gasteiger partial charge on any atom is 0.416 e. The molecule has 0 amide bonds. The zero-order chi connectivity index (χ0) is 24.0. The van der Waals surface area contributed by atoms with Crippen molar-refractivity contribution in [2.24, 2.45) is 11.8 Å². The molecule has 9 heteroatoms. The standard InChI is InChI=1S/C24H24F7NO/c1-13(16-8-17(23(26,27)28)10-18(9-16)24(29,30)31)33-21-7-4-15-11-32-12-20(15)22(21)14-2-5-19(25)6-3-14/h2-3,5-6,8-10,13,15,20-22,32H,4,7,11-12H2,1H3/t13?,15-,20+,21-,22-/m0/s1. The van der Waals surface area contributed by atoms with E-state index in [1.54, 1.807) is 12.1 Å². The van der Waals surface area contributed by atoms with Crippen LogP contribution < -0.4 is 5.32 Å². The van der Waals surface area contributed by atoms with Gasteiger partial charge in [-0.05, 0) is 86.1 Å². The fourth-order valence-corrected chi connectivity index (χ4v) is 5.18. The van der Waals surface area contributed by atoms with Crippen molar-refractivity contribution in [2.75, 3.05) is 13.1 Å². The fourth-order valence-electron chi connectivity index (χ4n) is 5.18. The monoisotopic (exact) mass is 475 g/mol. The van der Waals surface area contributed by atoms with E-state index in [4.69, 9.17) is 4.74 Å². The molecule has 0 spiro atoms. The largest absolute Gasteiger partial charge is 0.416 e. The van der Waals surface area contributed by atoms with Crippen molar-refractivity contribution in [3.05, 3.63) is 70.5 Å². The Balaban J connectivity index is 1.65. The summed E-state index contributed by atoms with van der Waals surface area (Å²) < 4.78 is 99.3. The molecule has 1 aliphatic carbocycles. The average Bonchev–Trinajstić information content (AvgIpc) is 3.21. The molecule has 2 aromatic carbocycles. The lowest BCUT2D eigenvalue weighted by Crippen LogP contribution is -2.38. The second kappa shape index (κ2) is 8.91. The van der Waals surface area contributed by atoms with Crippen LogP contribution in [0.1, 0.15) is 54.0 Å². The number of hydrogen-bond acceptors (Lipinski definition) is 2. The van der Waals surface area contributed by atoms with E-state index in [1.165, 1.54) is 19.1 Å². The lowest BCUT2D eigenvalue weighted by Gasteiger charge is -2.41. The van der Waals surface area contributed by atoms with E-state index in [1.807, 2.05) is 0 Å². The SMILES string of the molecule is CC(O[C@H]1CC[C@H]2CNC[C@H]2[C@@H]1c1ccc(F)cc1)c1cc(C(F)(F)F)cc(C(F)(F)F)c1. The number of benzene rings is 2. The minimum Gasteiger partial charge on any atom is -0.370 e. The quantitative estimate of drug-likeness (QED) is 0.496. The molecule has 1 aliphatic heterocycles. The Kier molecular flexibility index (Phi) is 6.48. The third-order valence-corrected chi connectivity index (χ3v) is 6.79. The Labute approximate surface area is 187 Å². The van der Waals surface area contributed by atoms with E-state index in [2.05, 4.69) is 5.32 Å². The van der Waals surface area contributed by atoms with Crippen LogP contribution in [0.15, 0.2) is 42.5 Å². The molecule has 1 saturated heterocycles. The Morgan fingerprint density at radius 2 is 1.48 bits per heavy atom. The second-order valence-corrected chi connectivity index (χ2v) is 8.89. The number of nitrogens with one attached hydrogen (secondary N) is 1. The van der Waals surface area contributed by atoms with Gasteiger partial charge in [0.25, 0.3) is 0 Å². The topological polar surface area (TPSA) is 21.3 Å². The summed E-state index contributed by atoms with van der Waals surface area (Å²) in [5, 5.41) is 3.35. The van der Waals surface area contributed by atoms with Crippen LogP contribution in [0.3, 0.4) is 0 Å². The molecule has 0 aromatic heterocycles. The summed E-state index contributed by atoms with van der Waals surface area (Å²) in [7, 11) is 0. The van der Waals surface area contributed by atoms with Gasteiger partial charge in [0, 0.05) is 5.92 Å². The summed E-state index contributed by atoms with van der Waals surface area (Å²) in [6.45, 7) is 3.03. The molecular formula is C24H24F7NO. The first-order valence-corrected chi connectivity index (χ1v) is 10.8. The van der Waals surface area contributed by atoms with Gasteiger partial charge < -0.3 is 10.1 Å². The van der Waals surface area contributed by atoms with Crippen molar-refractivity contribution < 1.29 is 35.5 Å². The van der Waals surface area contributed by atoms with E-state index >= 15 is 0 Å². The van der Waals surface area contributed by atoms with Gasteiger partial charge in [-0.25, -0.2) is 4.39 Å². The van der Waals surface area contributed by atoms with Crippen molar-refractivity contribution in [3.63, 3.8) is 0 Å². The number of rotatable bonds is 4. The Bertz CT molecular complexity index is 938. The maximum atomic E-state index is 13.5. The summed E-state index contributed by atoms with van der Waals surface area (Å²) in [4.78, 5) is 0. The molecule has 2 fully saturated rings. The molecule has 180 valence electrons. The zero-order valence-electron chi connectivity index (χ0n) is 17.8. The predicted octanol–water partition coefficient (Wildman–Crippen LogP) is 6.72. The number of ether oxygens (including phenoxy) is 1. The van der Waals surface area contributed by atoms with Crippen LogP contribution in [0.5, 0.6) is 0 Å². The number of hydrogen-bond donors (Lipinski definition) is 1. The van der Waals surface area contributed by atoms with Gasteiger partial charge in [0.15, 0.2) is 0 Å². The maximum absolute atomic E-state index is 13.5. The summed E-state index contributed by atoms with van der Waals surface area (Å²) >= 11 is 0. The molecule has 1 N–H and O–H groups in total. The minimum atomic E-state index is -4.92. The lowest BCUT2D eigenvalue weighted by molar-refractivity contribution is -0.143. The van der Waals surface area contributed by atoms with Gasteiger partial charge >= 0.3 is 12.4 Å². The van der Waals surface area contributed by atoms with Gasteiger partial charge in [0.1, 0.15) is 5.82 Å². The molecule has 5 atom stereocenters. The molecule has 2 aliphatic rings. The highest BCUT2D eigenvalue weighted by Crippen LogP contribution is 2.46. The number of fused-ring (bicyclic) bond motifs is 1. The molecule has 2 nitrogen and oxygen atoms in total.